The molecule has 106 valence electrons. The summed E-state index contributed by atoms with van der Waals surface area (Å²) < 4.78 is 25.2. The predicted molar refractivity (Wildman–Crippen MR) is 75.5 cm³/mol. The Morgan fingerprint density at radius 1 is 1.16 bits per heavy atom. The largest absolute Gasteiger partial charge is 0.351 e. The second-order valence-corrected chi connectivity index (χ2v) is 6.11. The molecule has 0 radical (unpaired) electrons. The molecule has 0 aliphatic heterocycles. The average Bonchev–Trinajstić information content (AvgIpc) is 2.40. The molecule has 0 fully saturated rings. The van der Waals surface area contributed by atoms with Gasteiger partial charge in [0.25, 0.3) is 5.91 Å². The summed E-state index contributed by atoms with van der Waals surface area (Å²) in [5.74, 6) is -0.330. The summed E-state index contributed by atoms with van der Waals surface area (Å²) in [6.45, 7) is 4.61. The fraction of sp³-hybridized carbons (Fsp3) is 0.462. The molecule has 1 rings (SSSR count). The molecule has 1 aromatic carbocycles. The van der Waals surface area contributed by atoms with Crippen LogP contribution in [0.25, 0.3) is 0 Å². The number of hydrogen-bond donors (Lipinski definition) is 1. The molecule has 0 aliphatic carbocycles. The van der Waals surface area contributed by atoms with Crippen LogP contribution in [0.3, 0.4) is 0 Å². The van der Waals surface area contributed by atoms with Crippen molar-refractivity contribution in [3.63, 3.8) is 0 Å². The van der Waals surface area contributed by atoms with Crippen molar-refractivity contribution in [3.05, 3.63) is 35.9 Å². The van der Waals surface area contributed by atoms with Gasteiger partial charge in [0, 0.05) is 25.2 Å². The van der Waals surface area contributed by atoms with E-state index in [0.717, 1.165) is 0 Å². The molecule has 0 aromatic heterocycles. The number of hydrogen-bond acceptors (Lipinski definition) is 3. The Morgan fingerprint density at radius 3 is 2.26 bits per heavy atom. The topological polar surface area (TPSA) is 66.5 Å². The van der Waals surface area contributed by atoms with E-state index in [1.807, 2.05) is 6.07 Å². The van der Waals surface area contributed by atoms with E-state index in [0.29, 0.717) is 18.7 Å². The van der Waals surface area contributed by atoms with Gasteiger partial charge in [-0.15, -0.1) is 0 Å². The number of amides is 1. The van der Waals surface area contributed by atoms with Crippen LogP contribution in [0.1, 0.15) is 24.2 Å². The molecule has 1 aromatic rings. The zero-order valence-electron chi connectivity index (χ0n) is 11.3. The molecule has 0 heterocycles. The zero-order chi connectivity index (χ0) is 14.3. The third-order valence-electron chi connectivity index (χ3n) is 2.78. The highest BCUT2D eigenvalue weighted by Gasteiger charge is 2.18. The molecule has 0 unspecified atom stereocenters. The standard InChI is InChI=1S/C13H20N2O3S/c1-3-15(4-2)19(17,18)11-10-14-13(16)12-8-6-5-7-9-12/h5-9H,3-4,10-11H2,1-2H3,(H,14,16). The normalized spacial score (nSPS) is 11.5. The van der Waals surface area contributed by atoms with Crippen LogP contribution in [0.2, 0.25) is 0 Å². The van der Waals surface area contributed by atoms with E-state index in [2.05, 4.69) is 5.32 Å². The maximum absolute atomic E-state index is 11.9. The molecule has 0 aliphatic rings. The fourth-order valence-corrected chi connectivity index (χ4v) is 3.14. The van der Waals surface area contributed by atoms with Gasteiger partial charge in [0.05, 0.1) is 5.75 Å². The minimum Gasteiger partial charge on any atom is -0.351 e. The van der Waals surface area contributed by atoms with Crippen molar-refractivity contribution in [2.24, 2.45) is 0 Å². The van der Waals surface area contributed by atoms with Gasteiger partial charge < -0.3 is 5.32 Å². The first-order chi connectivity index (χ1) is 9.01. The first-order valence-electron chi connectivity index (χ1n) is 6.32. The SMILES string of the molecule is CCN(CC)S(=O)(=O)CCNC(=O)c1ccccc1. The second-order valence-electron chi connectivity index (χ2n) is 4.02. The van der Waals surface area contributed by atoms with Crippen LogP contribution in [0, 0.1) is 0 Å². The van der Waals surface area contributed by atoms with Crippen molar-refractivity contribution < 1.29 is 13.2 Å². The van der Waals surface area contributed by atoms with E-state index >= 15 is 0 Å². The zero-order valence-corrected chi connectivity index (χ0v) is 12.1. The third-order valence-corrected chi connectivity index (χ3v) is 4.80. The number of sulfonamides is 1. The molecule has 1 amide bonds. The lowest BCUT2D eigenvalue weighted by molar-refractivity contribution is 0.0956. The number of nitrogens with zero attached hydrogens (tertiary/aromatic N) is 1. The van der Waals surface area contributed by atoms with Gasteiger partial charge in [0.2, 0.25) is 10.0 Å². The number of carbonyl (C=O) groups excluding carboxylic acids is 1. The molecular formula is C13H20N2O3S. The summed E-state index contributed by atoms with van der Waals surface area (Å²) >= 11 is 0. The first-order valence-corrected chi connectivity index (χ1v) is 7.93. The van der Waals surface area contributed by atoms with Gasteiger partial charge in [-0.3, -0.25) is 4.79 Å². The molecular weight excluding hydrogens is 264 g/mol. The average molecular weight is 284 g/mol. The molecule has 6 heteroatoms. The number of rotatable bonds is 7. The van der Waals surface area contributed by atoms with Crippen molar-refractivity contribution in [1.82, 2.24) is 9.62 Å². The highest BCUT2D eigenvalue weighted by atomic mass is 32.2. The summed E-state index contributed by atoms with van der Waals surface area (Å²) in [5, 5.41) is 2.61. The lowest BCUT2D eigenvalue weighted by atomic mass is 10.2. The monoisotopic (exact) mass is 284 g/mol. The van der Waals surface area contributed by atoms with Gasteiger partial charge in [-0.2, -0.15) is 0 Å². The summed E-state index contributed by atoms with van der Waals surface area (Å²) in [6.07, 6.45) is 0. The molecule has 19 heavy (non-hydrogen) atoms. The first kappa shape index (κ1) is 15.7. The van der Waals surface area contributed by atoms with Crippen LogP contribution in [0.5, 0.6) is 0 Å². The van der Waals surface area contributed by atoms with Crippen molar-refractivity contribution in [2.75, 3.05) is 25.4 Å². The number of nitrogens with one attached hydrogen (secondary N) is 1. The van der Waals surface area contributed by atoms with Crippen LogP contribution < -0.4 is 5.32 Å². The minimum absolute atomic E-state index is 0.0761. The third kappa shape index (κ3) is 4.65. The predicted octanol–water partition coefficient (Wildman–Crippen LogP) is 1.09. The summed E-state index contributed by atoms with van der Waals surface area (Å²) in [6, 6.07) is 8.73. The van der Waals surface area contributed by atoms with E-state index in [-0.39, 0.29) is 18.2 Å². The fourth-order valence-electron chi connectivity index (χ4n) is 1.73. The van der Waals surface area contributed by atoms with Gasteiger partial charge in [0.1, 0.15) is 0 Å². The Hall–Kier alpha value is -1.40. The maximum Gasteiger partial charge on any atom is 0.251 e. The summed E-state index contributed by atoms with van der Waals surface area (Å²) in [7, 11) is -3.28. The molecule has 0 saturated heterocycles. The molecule has 1 N–H and O–H groups in total. The van der Waals surface area contributed by atoms with Gasteiger partial charge in [0.15, 0.2) is 0 Å². The van der Waals surface area contributed by atoms with Gasteiger partial charge in [-0.1, -0.05) is 32.0 Å². The van der Waals surface area contributed by atoms with Crippen molar-refractivity contribution in [1.29, 1.82) is 0 Å². The van der Waals surface area contributed by atoms with Gasteiger partial charge in [-0.25, -0.2) is 12.7 Å². The highest BCUT2D eigenvalue weighted by Crippen LogP contribution is 2.01. The van der Waals surface area contributed by atoms with E-state index in [9.17, 15) is 13.2 Å². The summed E-state index contributed by atoms with van der Waals surface area (Å²) in [4.78, 5) is 11.7. The van der Waals surface area contributed by atoms with E-state index < -0.39 is 10.0 Å². The quantitative estimate of drug-likeness (QED) is 0.815. The lowest BCUT2D eigenvalue weighted by Crippen LogP contribution is -2.37. The molecule has 0 spiro atoms. The Balaban J connectivity index is 2.49. The van der Waals surface area contributed by atoms with Crippen LogP contribution in [-0.2, 0) is 10.0 Å². The van der Waals surface area contributed by atoms with Crippen LogP contribution in [-0.4, -0.2) is 44.0 Å². The molecule has 5 nitrogen and oxygen atoms in total. The molecule has 0 saturated carbocycles. The summed E-state index contributed by atoms with van der Waals surface area (Å²) in [5.41, 5.74) is 0.530. The minimum atomic E-state index is -3.28. The molecule has 0 bridgehead atoms. The van der Waals surface area contributed by atoms with E-state index in [4.69, 9.17) is 0 Å². The van der Waals surface area contributed by atoms with Gasteiger partial charge >= 0.3 is 0 Å². The van der Waals surface area contributed by atoms with Crippen LogP contribution >= 0.6 is 0 Å². The Bertz CT molecular complexity index is 496. The van der Waals surface area contributed by atoms with Crippen LogP contribution in [0.4, 0.5) is 0 Å². The van der Waals surface area contributed by atoms with Crippen LogP contribution in [0.15, 0.2) is 30.3 Å². The smallest absolute Gasteiger partial charge is 0.251 e. The Kier molecular flexibility index (Phi) is 5.98. The van der Waals surface area contributed by atoms with Crippen molar-refractivity contribution >= 4 is 15.9 Å². The van der Waals surface area contributed by atoms with E-state index in [1.54, 1.807) is 38.1 Å². The van der Waals surface area contributed by atoms with E-state index in [1.165, 1.54) is 4.31 Å². The molecule has 0 atom stereocenters. The maximum atomic E-state index is 11.9. The Morgan fingerprint density at radius 2 is 1.74 bits per heavy atom. The lowest BCUT2D eigenvalue weighted by Gasteiger charge is -2.18. The van der Waals surface area contributed by atoms with Crippen molar-refractivity contribution in [3.8, 4) is 0 Å². The van der Waals surface area contributed by atoms with Crippen molar-refractivity contribution in [2.45, 2.75) is 13.8 Å². The number of benzene rings is 1. The number of carbonyl (C=O) groups is 1. The highest BCUT2D eigenvalue weighted by molar-refractivity contribution is 7.89. The Labute approximate surface area is 114 Å². The van der Waals surface area contributed by atoms with Gasteiger partial charge in [-0.05, 0) is 12.1 Å². The second kappa shape index (κ2) is 7.25.